The summed E-state index contributed by atoms with van der Waals surface area (Å²) in [7, 11) is -3.14. The molecule has 2 fully saturated rings. The Kier molecular flexibility index (Phi) is 4.74. The van der Waals surface area contributed by atoms with Gasteiger partial charge in [-0.2, -0.15) is 11.8 Å². The van der Waals surface area contributed by atoms with E-state index in [9.17, 15) is 8.42 Å². The van der Waals surface area contributed by atoms with Crippen LogP contribution in [0, 0.1) is 0 Å². The second-order valence-electron chi connectivity index (χ2n) is 4.94. The lowest BCUT2D eigenvalue weighted by Crippen LogP contribution is -2.48. The van der Waals surface area contributed by atoms with Gasteiger partial charge in [0.25, 0.3) is 0 Å². The van der Waals surface area contributed by atoms with Crippen molar-refractivity contribution < 1.29 is 8.42 Å². The SMILES string of the molecule is CSC1CCCC1NS(=O)(=O)C1CCCNC1. The largest absolute Gasteiger partial charge is 0.315 e. The minimum absolute atomic E-state index is 0.150. The molecule has 2 rings (SSSR count). The second kappa shape index (κ2) is 5.91. The molecule has 3 atom stereocenters. The van der Waals surface area contributed by atoms with Crippen molar-refractivity contribution in [2.45, 2.75) is 48.6 Å². The van der Waals surface area contributed by atoms with Crippen molar-refractivity contribution in [1.29, 1.82) is 0 Å². The summed E-state index contributed by atoms with van der Waals surface area (Å²) in [5.74, 6) is 0. The summed E-state index contributed by atoms with van der Waals surface area (Å²) < 4.78 is 27.4. The monoisotopic (exact) mass is 278 g/mol. The van der Waals surface area contributed by atoms with E-state index < -0.39 is 10.0 Å². The van der Waals surface area contributed by atoms with E-state index >= 15 is 0 Å². The van der Waals surface area contributed by atoms with Gasteiger partial charge >= 0.3 is 0 Å². The summed E-state index contributed by atoms with van der Waals surface area (Å²) in [6.45, 7) is 1.55. The Morgan fingerprint density at radius 2 is 2.06 bits per heavy atom. The van der Waals surface area contributed by atoms with Gasteiger partial charge in [0.05, 0.1) is 5.25 Å². The third kappa shape index (κ3) is 3.36. The van der Waals surface area contributed by atoms with Crippen LogP contribution >= 0.6 is 11.8 Å². The number of rotatable bonds is 4. The fourth-order valence-corrected chi connectivity index (χ4v) is 5.47. The molecule has 2 N–H and O–H groups in total. The molecule has 4 nitrogen and oxygen atoms in total. The molecule has 2 aliphatic rings. The molecule has 0 aromatic carbocycles. The Hall–Kier alpha value is 0.220. The summed E-state index contributed by atoms with van der Waals surface area (Å²) in [5.41, 5.74) is 0. The maximum absolute atomic E-state index is 12.2. The highest BCUT2D eigenvalue weighted by atomic mass is 32.2. The number of hydrogen-bond donors (Lipinski definition) is 2. The lowest BCUT2D eigenvalue weighted by atomic mass is 10.2. The summed E-state index contributed by atoms with van der Waals surface area (Å²) in [6.07, 6.45) is 7.09. The predicted octanol–water partition coefficient (Wildman–Crippen LogP) is 0.942. The fourth-order valence-electron chi connectivity index (χ4n) is 2.73. The highest BCUT2D eigenvalue weighted by molar-refractivity contribution is 7.99. The van der Waals surface area contributed by atoms with Crippen molar-refractivity contribution in [2.75, 3.05) is 19.3 Å². The van der Waals surface area contributed by atoms with E-state index in [1.807, 2.05) is 0 Å². The van der Waals surface area contributed by atoms with Crippen molar-refractivity contribution >= 4 is 21.8 Å². The Balaban J connectivity index is 1.96. The molecule has 1 aliphatic carbocycles. The molecule has 6 heteroatoms. The molecule has 1 heterocycles. The fraction of sp³-hybridized carbons (Fsp3) is 1.00. The first-order chi connectivity index (χ1) is 8.13. The number of sulfonamides is 1. The molecule has 0 radical (unpaired) electrons. The molecule has 0 aromatic rings. The van der Waals surface area contributed by atoms with Gasteiger partial charge in [-0.3, -0.25) is 0 Å². The molecule has 3 unspecified atom stereocenters. The van der Waals surface area contributed by atoms with E-state index in [2.05, 4.69) is 16.3 Å². The van der Waals surface area contributed by atoms with Crippen LogP contribution in [0.15, 0.2) is 0 Å². The first kappa shape index (κ1) is 13.6. The van der Waals surface area contributed by atoms with Crippen molar-refractivity contribution in [2.24, 2.45) is 0 Å². The number of hydrogen-bond acceptors (Lipinski definition) is 4. The third-order valence-corrected chi connectivity index (χ3v) is 6.84. The van der Waals surface area contributed by atoms with E-state index in [4.69, 9.17) is 0 Å². The standard InChI is InChI=1S/C11H22N2O2S2/c1-16-11-6-2-5-10(11)13-17(14,15)9-4-3-7-12-8-9/h9-13H,2-8H2,1H3. The van der Waals surface area contributed by atoms with Gasteiger partial charge in [-0.25, -0.2) is 13.1 Å². The van der Waals surface area contributed by atoms with Gasteiger partial charge < -0.3 is 5.32 Å². The van der Waals surface area contributed by atoms with Crippen LogP contribution in [0.4, 0.5) is 0 Å². The van der Waals surface area contributed by atoms with Gasteiger partial charge in [0.1, 0.15) is 0 Å². The zero-order chi connectivity index (χ0) is 12.3. The smallest absolute Gasteiger partial charge is 0.216 e. The molecule has 0 spiro atoms. The number of thioether (sulfide) groups is 1. The van der Waals surface area contributed by atoms with Crippen LogP contribution in [0.25, 0.3) is 0 Å². The Morgan fingerprint density at radius 3 is 2.71 bits per heavy atom. The van der Waals surface area contributed by atoms with Crippen molar-refractivity contribution in [1.82, 2.24) is 10.0 Å². The molecule has 17 heavy (non-hydrogen) atoms. The highest BCUT2D eigenvalue weighted by Crippen LogP contribution is 2.29. The van der Waals surface area contributed by atoms with Crippen molar-refractivity contribution in [3.05, 3.63) is 0 Å². The Morgan fingerprint density at radius 1 is 1.24 bits per heavy atom. The third-order valence-electron chi connectivity index (χ3n) is 3.76. The van der Waals surface area contributed by atoms with Crippen molar-refractivity contribution in [3.63, 3.8) is 0 Å². The minimum atomic E-state index is -3.14. The topological polar surface area (TPSA) is 58.2 Å². The maximum atomic E-state index is 12.2. The molecule has 0 aromatic heterocycles. The first-order valence-corrected chi connectivity index (χ1v) is 9.21. The van der Waals surface area contributed by atoms with E-state index in [1.165, 1.54) is 0 Å². The van der Waals surface area contributed by atoms with Crippen LogP contribution in [-0.4, -0.2) is 44.3 Å². The molecule has 1 aliphatic heterocycles. The minimum Gasteiger partial charge on any atom is -0.315 e. The van der Waals surface area contributed by atoms with Crippen LogP contribution < -0.4 is 10.0 Å². The van der Waals surface area contributed by atoms with Crippen LogP contribution in [0.5, 0.6) is 0 Å². The normalized spacial score (nSPS) is 35.0. The highest BCUT2D eigenvalue weighted by Gasteiger charge is 2.34. The lowest BCUT2D eigenvalue weighted by molar-refractivity contribution is 0.482. The van der Waals surface area contributed by atoms with Gasteiger partial charge in [0.15, 0.2) is 0 Å². The van der Waals surface area contributed by atoms with Gasteiger partial charge in [-0.05, 0) is 38.5 Å². The van der Waals surface area contributed by atoms with E-state index in [0.717, 1.165) is 38.6 Å². The molecular formula is C11H22N2O2S2. The van der Waals surface area contributed by atoms with Crippen LogP contribution in [0.2, 0.25) is 0 Å². The summed E-state index contributed by atoms with van der Waals surface area (Å²) >= 11 is 1.79. The quantitative estimate of drug-likeness (QED) is 0.803. The summed E-state index contributed by atoms with van der Waals surface area (Å²) in [5, 5.41) is 3.39. The summed E-state index contributed by atoms with van der Waals surface area (Å²) in [6, 6.07) is 0.150. The van der Waals surface area contributed by atoms with E-state index in [0.29, 0.717) is 11.8 Å². The molecular weight excluding hydrogens is 256 g/mol. The first-order valence-electron chi connectivity index (χ1n) is 6.38. The van der Waals surface area contributed by atoms with E-state index in [-0.39, 0.29) is 11.3 Å². The van der Waals surface area contributed by atoms with Crippen LogP contribution in [-0.2, 0) is 10.0 Å². The number of nitrogens with one attached hydrogen (secondary N) is 2. The van der Waals surface area contributed by atoms with Crippen molar-refractivity contribution in [3.8, 4) is 0 Å². The van der Waals surface area contributed by atoms with Gasteiger partial charge in [0.2, 0.25) is 10.0 Å². The molecule has 100 valence electrons. The molecule has 0 bridgehead atoms. The molecule has 0 amide bonds. The van der Waals surface area contributed by atoms with Crippen LogP contribution in [0.1, 0.15) is 32.1 Å². The zero-order valence-electron chi connectivity index (χ0n) is 10.3. The Labute approximate surface area is 108 Å². The molecule has 1 saturated heterocycles. The van der Waals surface area contributed by atoms with Gasteiger partial charge in [0, 0.05) is 17.8 Å². The number of piperidine rings is 1. The lowest BCUT2D eigenvalue weighted by Gasteiger charge is -2.26. The zero-order valence-corrected chi connectivity index (χ0v) is 11.9. The average molecular weight is 278 g/mol. The summed E-state index contributed by atoms with van der Waals surface area (Å²) in [4.78, 5) is 0. The van der Waals surface area contributed by atoms with Gasteiger partial charge in [-0.15, -0.1) is 0 Å². The maximum Gasteiger partial charge on any atom is 0.216 e. The predicted molar refractivity (Wildman–Crippen MR) is 72.9 cm³/mol. The average Bonchev–Trinajstić information content (AvgIpc) is 2.77. The van der Waals surface area contributed by atoms with Gasteiger partial charge in [-0.1, -0.05) is 6.42 Å². The van der Waals surface area contributed by atoms with E-state index in [1.54, 1.807) is 11.8 Å². The Bertz CT molecular complexity index is 339. The second-order valence-corrected chi connectivity index (χ2v) is 8.01. The molecule has 1 saturated carbocycles. The van der Waals surface area contributed by atoms with Crippen LogP contribution in [0.3, 0.4) is 0 Å².